The Bertz CT molecular complexity index is 1750. The van der Waals surface area contributed by atoms with E-state index in [1.165, 1.54) is 35.2 Å². The van der Waals surface area contributed by atoms with Gasteiger partial charge in [0.2, 0.25) is 0 Å². The summed E-state index contributed by atoms with van der Waals surface area (Å²) in [5.41, 5.74) is 6.98. The van der Waals surface area contributed by atoms with Gasteiger partial charge in [-0.2, -0.15) is 0 Å². The standard InChI is InChI=1S/C25H25N5O11P2/c26-22-18-23(28-11-27-22)30(12-29-18)24-20(32)21(17(40-24)10-39-43(37,38)13-42(34,35)36)41-25(33)16-8-6-15(7-9-16)19(31)14-4-2-1-3-5-14/h1-9,11-12,17,20-21,24,32H,10,13H2,(H,37,38)(H2,26,27,28)(H2,34,35,36)/t17-,20-,21-,24-/m1/s1. The van der Waals surface area contributed by atoms with Gasteiger partial charge in [-0.1, -0.05) is 42.5 Å². The predicted molar refractivity (Wildman–Crippen MR) is 148 cm³/mol. The maximum atomic E-state index is 13.1. The van der Waals surface area contributed by atoms with Gasteiger partial charge >= 0.3 is 21.2 Å². The molecular weight excluding hydrogens is 608 g/mol. The molecule has 0 radical (unpaired) electrons. The second-order valence-electron chi connectivity index (χ2n) is 9.52. The van der Waals surface area contributed by atoms with E-state index in [0.29, 0.717) is 11.1 Å². The largest absolute Gasteiger partial charge is 0.453 e. The van der Waals surface area contributed by atoms with Crippen LogP contribution in [0, 0.1) is 0 Å². The van der Waals surface area contributed by atoms with Crippen molar-refractivity contribution in [1.82, 2.24) is 19.5 Å². The predicted octanol–water partition coefficient (Wildman–Crippen LogP) is 1.46. The van der Waals surface area contributed by atoms with Crippen molar-refractivity contribution in [1.29, 1.82) is 0 Å². The fraction of sp³-hybridized carbons (Fsp3) is 0.240. The maximum absolute atomic E-state index is 13.1. The number of anilines is 1. The number of imidazole rings is 1. The smallest absolute Gasteiger partial charge is 0.340 e. The van der Waals surface area contributed by atoms with Crippen LogP contribution in [0.4, 0.5) is 5.82 Å². The van der Waals surface area contributed by atoms with Crippen LogP contribution >= 0.6 is 15.2 Å². The average Bonchev–Trinajstić information content (AvgIpc) is 3.52. The van der Waals surface area contributed by atoms with Gasteiger partial charge in [-0.3, -0.25) is 18.5 Å². The monoisotopic (exact) mass is 633 g/mol. The summed E-state index contributed by atoms with van der Waals surface area (Å²) in [4.78, 5) is 66.0. The van der Waals surface area contributed by atoms with E-state index in [1.807, 2.05) is 0 Å². The third-order valence-electron chi connectivity index (χ3n) is 6.44. The van der Waals surface area contributed by atoms with Crippen LogP contribution in [-0.4, -0.2) is 81.9 Å². The SMILES string of the molecule is Nc1ncnc2c1ncn2[C@@H]1O[C@H](COP(=O)(O)CP(=O)(O)O)[C@@H](OC(=O)c2ccc(C(=O)c3ccccc3)cc2)[C@H]1O. The van der Waals surface area contributed by atoms with E-state index < -0.39 is 58.2 Å². The van der Waals surface area contributed by atoms with Gasteiger partial charge in [-0.05, 0) is 12.1 Å². The van der Waals surface area contributed by atoms with Gasteiger partial charge in [0.15, 0.2) is 35.5 Å². The van der Waals surface area contributed by atoms with Gasteiger partial charge in [0.1, 0.15) is 24.1 Å². The number of aromatic nitrogens is 4. The number of esters is 1. The van der Waals surface area contributed by atoms with Crippen molar-refractivity contribution in [3.05, 3.63) is 83.9 Å². The Hall–Kier alpha value is -3.85. The Labute approximate surface area is 242 Å². The van der Waals surface area contributed by atoms with E-state index in [4.69, 9.17) is 29.5 Å². The number of nitrogens with zero attached hydrogens (tertiary/aromatic N) is 4. The molecule has 16 nitrogen and oxygen atoms in total. The first kappa shape index (κ1) is 30.6. The number of nitrogens with two attached hydrogens (primary N) is 1. The first-order valence-corrected chi connectivity index (χ1v) is 16.1. The van der Waals surface area contributed by atoms with Crippen molar-refractivity contribution >= 4 is 43.9 Å². The molecule has 1 saturated heterocycles. The number of rotatable bonds is 10. The van der Waals surface area contributed by atoms with Crippen molar-refractivity contribution in [3.63, 3.8) is 0 Å². The maximum Gasteiger partial charge on any atom is 0.340 e. The van der Waals surface area contributed by atoms with E-state index in [2.05, 4.69) is 15.0 Å². The van der Waals surface area contributed by atoms with Crippen LogP contribution in [0.1, 0.15) is 32.5 Å². The number of aliphatic hydroxyl groups is 1. The molecule has 0 amide bonds. The Morgan fingerprint density at radius 2 is 1.60 bits per heavy atom. The molecule has 1 unspecified atom stereocenters. The minimum Gasteiger partial charge on any atom is -0.453 e. The topological polar surface area (TPSA) is 247 Å². The third kappa shape index (κ3) is 6.88. The first-order chi connectivity index (χ1) is 20.3. The number of nitrogen functional groups attached to an aromatic ring is 1. The molecule has 1 aliphatic heterocycles. The highest BCUT2D eigenvalue weighted by Crippen LogP contribution is 2.55. The van der Waals surface area contributed by atoms with E-state index in [1.54, 1.807) is 30.3 Å². The summed E-state index contributed by atoms with van der Waals surface area (Å²) < 4.78 is 41.1. The van der Waals surface area contributed by atoms with Crippen LogP contribution in [0.15, 0.2) is 67.3 Å². The summed E-state index contributed by atoms with van der Waals surface area (Å²) in [6.07, 6.45) is -3.40. The Morgan fingerprint density at radius 3 is 2.28 bits per heavy atom. The summed E-state index contributed by atoms with van der Waals surface area (Å²) in [7, 11) is -9.75. The van der Waals surface area contributed by atoms with Gasteiger partial charge in [-0.25, -0.2) is 19.7 Å². The van der Waals surface area contributed by atoms with Gasteiger partial charge in [0.25, 0.3) is 0 Å². The van der Waals surface area contributed by atoms with Gasteiger partial charge in [0.05, 0.1) is 18.5 Å². The summed E-state index contributed by atoms with van der Waals surface area (Å²) in [5.74, 6) is -2.60. The summed E-state index contributed by atoms with van der Waals surface area (Å²) in [6.45, 7) is -0.798. The molecule has 6 N–H and O–H groups in total. The zero-order chi connectivity index (χ0) is 30.9. The highest BCUT2D eigenvalue weighted by atomic mass is 31.2. The second kappa shape index (κ2) is 12.0. The Kier molecular flexibility index (Phi) is 8.56. The van der Waals surface area contributed by atoms with Crippen LogP contribution in [0.2, 0.25) is 0 Å². The molecule has 0 saturated carbocycles. The molecule has 18 heteroatoms. The Morgan fingerprint density at radius 1 is 0.953 bits per heavy atom. The lowest BCUT2D eigenvalue weighted by molar-refractivity contribution is -0.0499. The number of aliphatic hydroxyl groups excluding tert-OH is 1. The Balaban J connectivity index is 1.38. The zero-order valence-electron chi connectivity index (χ0n) is 22.0. The molecule has 43 heavy (non-hydrogen) atoms. The number of carbonyl (C=O) groups excluding carboxylic acids is 2. The molecular formula is C25H25N5O11P2. The van der Waals surface area contributed by atoms with Crippen molar-refractivity contribution in [3.8, 4) is 0 Å². The molecule has 0 aliphatic carbocycles. The molecule has 226 valence electrons. The zero-order valence-corrected chi connectivity index (χ0v) is 23.8. The minimum atomic E-state index is -4.93. The van der Waals surface area contributed by atoms with Crippen molar-refractivity contribution in [2.45, 2.75) is 24.5 Å². The fourth-order valence-electron chi connectivity index (χ4n) is 4.45. The number of carbonyl (C=O) groups is 2. The van der Waals surface area contributed by atoms with E-state index >= 15 is 0 Å². The molecule has 5 atom stereocenters. The highest BCUT2D eigenvalue weighted by molar-refractivity contribution is 7.70. The molecule has 3 heterocycles. The van der Waals surface area contributed by atoms with Gasteiger partial charge < -0.3 is 39.5 Å². The number of hydrogen-bond donors (Lipinski definition) is 5. The quantitative estimate of drug-likeness (QED) is 0.0942. The lowest BCUT2D eigenvalue weighted by Crippen LogP contribution is -2.38. The number of ketones is 1. The lowest BCUT2D eigenvalue weighted by atomic mass is 10.0. The van der Waals surface area contributed by atoms with E-state index in [-0.39, 0.29) is 28.3 Å². The molecule has 4 aromatic rings. The molecule has 2 aromatic heterocycles. The van der Waals surface area contributed by atoms with E-state index in [0.717, 1.165) is 6.33 Å². The van der Waals surface area contributed by atoms with Crippen LogP contribution in [0.5, 0.6) is 0 Å². The van der Waals surface area contributed by atoms with Crippen LogP contribution in [0.25, 0.3) is 11.2 Å². The number of ether oxygens (including phenoxy) is 2. The molecule has 0 bridgehead atoms. The third-order valence-corrected chi connectivity index (χ3v) is 9.89. The lowest BCUT2D eigenvalue weighted by Gasteiger charge is -2.22. The fourth-order valence-corrected chi connectivity index (χ4v) is 7.02. The number of benzene rings is 2. The van der Waals surface area contributed by atoms with Crippen molar-refractivity contribution in [2.24, 2.45) is 0 Å². The minimum absolute atomic E-state index is 0.0165. The molecule has 1 aliphatic rings. The van der Waals surface area contributed by atoms with Crippen molar-refractivity contribution in [2.75, 3.05) is 18.2 Å². The summed E-state index contributed by atoms with van der Waals surface area (Å²) >= 11 is 0. The van der Waals surface area contributed by atoms with Gasteiger partial charge in [0, 0.05) is 11.1 Å². The normalized spacial score (nSPS) is 21.9. The first-order valence-electron chi connectivity index (χ1n) is 12.5. The molecule has 2 aromatic carbocycles. The highest BCUT2D eigenvalue weighted by Gasteiger charge is 2.49. The van der Waals surface area contributed by atoms with E-state index in [9.17, 15) is 28.7 Å². The summed E-state index contributed by atoms with van der Waals surface area (Å²) in [5, 5.41) is 11.2. The average molecular weight is 633 g/mol. The number of fused-ring (bicyclic) bond motifs is 1. The van der Waals surface area contributed by atoms with Crippen LogP contribution in [-0.2, 0) is 23.1 Å². The van der Waals surface area contributed by atoms with Crippen molar-refractivity contribution < 1.29 is 52.5 Å². The second-order valence-corrected chi connectivity index (χ2v) is 13.5. The molecule has 1 fully saturated rings. The van der Waals surface area contributed by atoms with Crippen LogP contribution < -0.4 is 5.73 Å². The number of hydrogen-bond acceptors (Lipinski definition) is 12. The van der Waals surface area contributed by atoms with Gasteiger partial charge in [-0.15, -0.1) is 0 Å². The molecule has 0 spiro atoms. The summed E-state index contributed by atoms with van der Waals surface area (Å²) in [6, 6.07) is 14.1. The molecule has 5 rings (SSSR count). The van der Waals surface area contributed by atoms with Crippen LogP contribution in [0.3, 0.4) is 0 Å².